The average molecular weight is 428 g/mol. The summed E-state index contributed by atoms with van der Waals surface area (Å²) in [6, 6.07) is 5.06. The Morgan fingerprint density at radius 2 is 1.87 bits per heavy atom. The van der Waals surface area contributed by atoms with E-state index in [9.17, 15) is 14.4 Å². The Morgan fingerprint density at radius 1 is 1.20 bits per heavy atom. The number of rotatable bonds is 6. The Bertz CT molecular complexity index is 1160. The molecular formula is C22H25N3O4S. The van der Waals surface area contributed by atoms with Gasteiger partial charge in [-0.05, 0) is 50.8 Å². The van der Waals surface area contributed by atoms with Crippen LogP contribution >= 0.6 is 11.3 Å². The van der Waals surface area contributed by atoms with Crippen LogP contribution < -0.4 is 10.9 Å². The minimum Gasteiger partial charge on any atom is -0.462 e. The number of para-hydroxylation sites is 1. The van der Waals surface area contributed by atoms with Gasteiger partial charge in [-0.2, -0.15) is 0 Å². The van der Waals surface area contributed by atoms with Crippen molar-refractivity contribution in [2.24, 2.45) is 0 Å². The van der Waals surface area contributed by atoms with Crippen LogP contribution in [0.3, 0.4) is 0 Å². The molecule has 0 bridgehead atoms. The molecular weight excluding hydrogens is 402 g/mol. The van der Waals surface area contributed by atoms with Gasteiger partial charge in [-0.15, -0.1) is 11.3 Å². The monoisotopic (exact) mass is 427 g/mol. The second kappa shape index (κ2) is 8.79. The van der Waals surface area contributed by atoms with Crippen molar-refractivity contribution in [2.45, 2.75) is 47.1 Å². The molecule has 3 rings (SSSR count). The van der Waals surface area contributed by atoms with Gasteiger partial charge in [0.15, 0.2) is 0 Å². The Morgan fingerprint density at radius 3 is 2.47 bits per heavy atom. The van der Waals surface area contributed by atoms with Crippen molar-refractivity contribution in [3.8, 4) is 0 Å². The summed E-state index contributed by atoms with van der Waals surface area (Å²) in [5.41, 5.74) is 2.84. The normalized spacial score (nSPS) is 12.0. The number of hydrogen-bond donors (Lipinski definition) is 1. The number of carbonyl (C=O) groups is 2. The van der Waals surface area contributed by atoms with Crippen LogP contribution in [0.25, 0.3) is 10.2 Å². The fourth-order valence-corrected chi connectivity index (χ4v) is 4.51. The van der Waals surface area contributed by atoms with E-state index in [2.05, 4.69) is 10.3 Å². The van der Waals surface area contributed by atoms with E-state index in [0.717, 1.165) is 28.2 Å². The molecule has 1 unspecified atom stereocenters. The van der Waals surface area contributed by atoms with Gasteiger partial charge in [0, 0.05) is 5.69 Å². The van der Waals surface area contributed by atoms with Gasteiger partial charge in [-0.3, -0.25) is 14.2 Å². The van der Waals surface area contributed by atoms with Gasteiger partial charge in [0.2, 0.25) is 5.91 Å². The van der Waals surface area contributed by atoms with Gasteiger partial charge in [-0.1, -0.05) is 25.1 Å². The van der Waals surface area contributed by atoms with Crippen LogP contribution in [0.1, 0.15) is 52.7 Å². The van der Waals surface area contributed by atoms with E-state index in [1.54, 1.807) is 13.8 Å². The molecule has 0 aliphatic heterocycles. The third-order valence-electron chi connectivity index (χ3n) is 5.09. The number of nitrogens with one attached hydrogen (secondary N) is 1. The first-order chi connectivity index (χ1) is 14.3. The summed E-state index contributed by atoms with van der Waals surface area (Å²) in [6.45, 7) is 9.38. The molecule has 0 spiro atoms. The zero-order valence-electron chi connectivity index (χ0n) is 17.7. The van der Waals surface area contributed by atoms with Crippen LogP contribution in [-0.4, -0.2) is 28.0 Å². The lowest BCUT2D eigenvalue weighted by molar-refractivity contribution is -0.119. The summed E-state index contributed by atoms with van der Waals surface area (Å²) in [5, 5.41) is 3.31. The molecule has 8 heteroatoms. The highest BCUT2D eigenvalue weighted by Gasteiger charge is 2.25. The number of nitrogens with zero attached hydrogens (tertiary/aromatic N) is 2. The lowest BCUT2D eigenvalue weighted by Gasteiger charge is -2.19. The molecule has 0 aliphatic rings. The van der Waals surface area contributed by atoms with E-state index in [4.69, 9.17) is 4.74 Å². The summed E-state index contributed by atoms with van der Waals surface area (Å²) < 4.78 is 6.42. The predicted octanol–water partition coefficient (Wildman–Crippen LogP) is 4.15. The lowest BCUT2D eigenvalue weighted by Crippen LogP contribution is -2.33. The van der Waals surface area contributed by atoms with E-state index in [0.29, 0.717) is 27.1 Å². The van der Waals surface area contributed by atoms with Crippen LogP contribution in [-0.2, 0) is 9.53 Å². The van der Waals surface area contributed by atoms with Gasteiger partial charge >= 0.3 is 5.97 Å². The van der Waals surface area contributed by atoms with E-state index < -0.39 is 12.0 Å². The minimum atomic E-state index is -0.723. The van der Waals surface area contributed by atoms with Crippen LogP contribution in [0.2, 0.25) is 0 Å². The van der Waals surface area contributed by atoms with Gasteiger partial charge in [0.25, 0.3) is 5.56 Å². The number of hydrogen-bond acceptors (Lipinski definition) is 6. The van der Waals surface area contributed by atoms with E-state index >= 15 is 0 Å². The predicted molar refractivity (Wildman–Crippen MR) is 118 cm³/mol. The Hall–Kier alpha value is -3.00. The number of carbonyl (C=O) groups excluding carboxylic acids is 2. The van der Waals surface area contributed by atoms with Crippen LogP contribution in [0.5, 0.6) is 0 Å². The number of aryl methyl sites for hydroxylation is 3. The summed E-state index contributed by atoms with van der Waals surface area (Å²) in [7, 11) is 0. The molecule has 158 valence electrons. The van der Waals surface area contributed by atoms with E-state index in [-0.39, 0.29) is 18.1 Å². The van der Waals surface area contributed by atoms with Crippen molar-refractivity contribution in [3.05, 3.63) is 56.4 Å². The fourth-order valence-electron chi connectivity index (χ4n) is 3.48. The Labute approximate surface area is 178 Å². The highest BCUT2D eigenvalue weighted by molar-refractivity contribution is 7.20. The van der Waals surface area contributed by atoms with Crippen molar-refractivity contribution in [2.75, 3.05) is 11.9 Å². The molecule has 1 atom stereocenters. The Balaban J connectivity index is 2.02. The second-order valence-corrected chi connectivity index (χ2v) is 8.09. The highest BCUT2D eigenvalue weighted by atomic mass is 32.1. The van der Waals surface area contributed by atoms with Crippen molar-refractivity contribution < 1.29 is 14.3 Å². The summed E-state index contributed by atoms with van der Waals surface area (Å²) in [4.78, 5) is 43.6. The molecule has 3 aromatic rings. The van der Waals surface area contributed by atoms with Crippen LogP contribution in [0.4, 0.5) is 5.69 Å². The third-order valence-corrected chi connectivity index (χ3v) is 6.27. The molecule has 0 saturated carbocycles. The number of fused-ring (bicyclic) bond motifs is 1. The summed E-state index contributed by atoms with van der Waals surface area (Å²) in [5.74, 6) is -0.750. The number of ether oxygens (including phenoxy) is 1. The smallest absolute Gasteiger partial charge is 0.348 e. The molecule has 0 fully saturated rings. The summed E-state index contributed by atoms with van der Waals surface area (Å²) in [6.07, 6.45) is 1.80. The molecule has 1 amide bonds. The molecule has 0 saturated heterocycles. The second-order valence-electron chi connectivity index (χ2n) is 7.09. The minimum absolute atomic E-state index is 0.251. The largest absolute Gasteiger partial charge is 0.462 e. The molecule has 1 aromatic carbocycles. The molecule has 30 heavy (non-hydrogen) atoms. The highest BCUT2D eigenvalue weighted by Crippen LogP contribution is 2.28. The quantitative estimate of drug-likeness (QED) is 0.597. The molecule has 0 radical (unpaired) electrons. The third kappa shape index (κ3) is 3.87. The molecule has 0 aliphatic carbocycles. The van der Waals surface area contributed by atoms with Crippen LogP contribution in [0, 0.1) is 20.8 Å². The number of thiophene rings is 1. The number of anilines is 1. The molecule has 2 aromatic heterocycles. The maximum Gasteiger partial charge on any atom is 0.348 e. The number of benzene rings is 1. The standard InChI is InChI=1S/C22H25N3O4S/c1-6-15(19(26)24-17-12(3)9-8-10-13(17)4)25-11-23-20-16(21(25)27)14(5)18(30-20)22(28)29-7-2/h8-11,15H,6-7H2,1-5H3,(H,24,26). The van der Waals surface area contributed by atoms with Crippen molar-refractivity contribution in [3.63, 3.8) is 0 Å². The zero-order valence-corrected chi connectivity index (χ0v) is 18.6. The van der Waals surface area contributed by atoms with Crippen molar-refractivity contribution in [1.29, 1.82) is 0 Å². The van der Waals surface area contributed by atoms with Gasteiger partial charge in [0.05, 0.1) is 18.3 Å². The van der Waals surface area contributed by atoms with E-state index in [1.807, 2.05) is 39.0 Å². The first-order valence-corrected chi connectivity index (χ1v) is 10.7. The van der Waals surface area contributed by atoms with Crippen molar-refractivity contribution in [1.82, 2.24) is 9.55 Å². The van der Waals surface area contributed by atoms with Gasteiger partial charge in [-0.25, -0.2) is 9.78 Å². The molecule has 7 nitrogen and oxygen atoms in total. The first kappa shape index (κ1) is 21.7. The molecule has 2 heterocycles. The topological polar surface area (TPSA) is 90.3 Å². The number of amides is 1. The van der Waals surface area contributed by atoms with Gasteiger partial charge in [0.1, 0.15) is 15.7 Å². The fraction of sp³-hybridized carbons (Fsp3) is 0.364. The zero-order chi connectivity index (χ0) is 22.0. The van der Waals surface area contributed by atoms with Crippen molar-refractivity contribution >= 4 is 39.1 Å². The van der Waals surface area contributed by atoms with Gasteiger partial charge < -0.3 is 10.1 Å². The Kier molecular flexibility index (Phi) is 6.36. The maximum atomic E-state index is 13.2. The van der Waals surface area contributed by atoms with Crippen LogP contribution in [0.15, 0.2) is 29.3 Å². The number of esters is 1. The SMILES string of the molecule is CCOC(=O)c1sc2ncn(C(CC)C(=O)Nc3c(C)cccc3C)c(=O)c2c1C. The average Bonchev–Trinajstić information content (AvgIpc) is 3.05. The molecule has 1 N–H and O–H groups in total. The summed E-state index contributed by atoms with van der Waals surface area (Å²) >= 11 is 1.13. The number of aromatic nitrogens is 2. The first-order valence-electron chi connectivity index (χ1n) is 9.84. The maximum absolute atomic E-state index is 13.2. The van der Waals surface area contributed by atoms with E-state index in [1.165, 1.54) is 10.9 Å². The lowest BCUT2D eigenvalue weighted by atomic mass is 10.1.